The Morgan fingerprint density at radius 1 is 0.765 bits per heavy atom. The van der Waals surface area contributed by atoms with Gasteiger partial charge < -0.3 is 14.6 Å². The highest BCUT2D eigenvalue weighted by molar-refractivity contribution is 5.39. The number of rotatable bonds is 12. The van der Waals surface area contributed by atoms with Crippen LogP contribution in [0.1, 0.15) is 114 Å². The maximum Gasteiger partial charge on any atom is 0.124 e. The molecular formula is C29H59NO4. The quantitative estimate of drug-likeness (QED) is 0.303. The van der Waals surface area contributed by atoms with Crippen molar-refractivity contribution in [3.05, 3.63) is 23.8 Å². The van der Waals surface area contributed by atoms with Crippen molar-refractivity contribution in [3.8, 4) is 11.5 Å². The standard InChI is InChI=1S/C21H37NO4.2C3H8.C2H6/c1-8-17-14-18(25-20(3,4)10-12-23)16-19(15-17)26-21(5,6)11-13-24-22(7)9-2;2*1-3-2;1-2/h14-16,23H,8-13H2,1-7H3;2*3H2,1-2H3;1-2H3. The fourth-order valence-corrected chi connectivity index (χ4v) is 2.50. The van der Waals surface area contributed by atoms with Crippen LogP contribution in [0, 0.1) is 0 Å². The Kier molecular flexibility index (Phi) is 24.3. The van der Waals surface area contributed by atoms with Crippen LogP contribution in [0.5, 0.6) is 11.5 Å². The van der Waals surface area contributed by atoms with Gasteiger partial charge in [0.2, 0.25) is 0 Å². The largest absolute Gasteiger partial charge is 0.488 e. The molecule has 0 bridgehead atoms. The van der Waals surface area contributed by atoms with Gasteiger partial charge in [-0.15, -0.1) is 0 Å². The molecule has 5 nitrogen and oxygen atoms in total. The van der Waals surface area contributed by atoms with Crippen LogP contribution in [-0.4, -0.2) is 48.2 Å². The summed E-state index contributed by atoms with van der Waals surface area (Å²) in [5.41, 5.74) is 0.390. The van der Waals surface area contributed by atoms with Crippen LogP contribution in [0.25, 0.3) is 0 Å². The van der Waals surface area contributed by atoms with Gasteiger partial charge in [-0.2, -0.15) is 5.06 Å². The summed E-state index contributed by atoms with van der Waals surface area (Å²) in [5.74, 6) is 1.57. The first kappa shape index (κ1) is 37.3. The van der Waals surface area contributed by atoms with Crippen molar-refractivity contribution in [1.29, 1.82) is 0 Å². The van der Waals surface area contributed by atoms with Gasteiger partial charge in [-0.05, 0) is 51.8 Å². The second-order valence-corrected chi connectivity index (χ2v) is 9.30. The van der Waals surface area contributed by atoms with E-state index in [1.54, 1.807) is 0 Å². The highest BCUT2D eigenvalue weighted by Crippen LogP contribution is 2.30. The Morgan fingerprint density at radius 3 is 1.53 bits per heavy atom. The van der Waals surface area contributed by atoms with E-state index in [1.165, 1.54) is 12.8 Å². The molecule has 0 aliphatic carbocycles. The fourth-order valence-electron chi connectivity index (χ4n) is 2.50. The third kappa shape index (κ3) is 21.2. The molecule has 0 amide bonds. The van der Waals surface area contributed by atoms with E-state index >= 15 is 0 Å². The van der Waals surface area contributed by atoms with Crippen molar-refractivity contribution in [3.63, 3.8) is 0 Å². The van der Waals surface area contributed by atoms with Gasteiger partial charge in [-0.25, -0.2) is 0 Å². The number of hydrogen-bond acceptors (Lipinski definition) is 5. The zero-order valence-electron chi connectivity index (χ0n) is 25.0. The summed E-state index contributed by atoms with van der Waals surface area (Å²) in [4.78, 5) is 5.63. The fraction of sp³-hybridized carbons (Fsp3) is 0.793. The van der Waals surface area contributed by atoms with E-state index in [9.17, 15) is 5.11 Å². The molecule has 0 unspecified atom stereocenters. The Balaban J connectivity index is -0.00000106. The van der Waals surface area contributed by atoms with Gasteiger partial charge >= 0.3 is 0 Å². The van der Waals surface area contributed by atoms with E-state index < -0.39 is 5.60 Å². The SMILES string of the molecule is CC.CCC.CCC.CCc1cc(OC(C)(C)CCO)cc(OC(C)(C)CCON(C)CC)c1. The highest BCUT2D eigenvalue weighted by atomic mass is 16.7. The predicted molar refractivity (Wildman–Crippen MR) is 149 cm³/mol. The van der Waals surface area contributed by atoms with E-state index in [2.05, 4.69) is 61.5 Å². The summed E-state index contributed by atoms with van der Waals surface area (Å²) < 4.78 is 12.3. The number of hydrogen-bond donors (Lipinski definition) is 1. The molecule has 34 heavy (non-hydrogen) atoms. The summed E-state index contributed by atoms with van der Waals surface area (Å²) in [5, 5.41) is 11.0. The van der Waals surface area contributed by atoms with E-state index in [1.807, 2.05) is 51.9 Å². The van der Waals surface area contributed by atoms with Gasteiger partial charge in [-0.1, -0.05) is 68.2 Å². The molecule has 1 aromatic rings. The number of benzene rings is 1. The summed E-state index contributed by atoms with van der Waals surface area (Å²) >= 11 is 0. The number of hydroxylamine groups is 2. The molecule has 0 radical (unpaired) electrons. The molecule has 204 valence electrons. The van der Waals surface area contributed by atoms with Gasteiger partial charge in [0.25, 0.3) is 0 Å². The van der Waals surface area contributed by atoms with Crippen LogP contribution in [-0.2, 0) is 11.3 Å². The molecule has 5 heteroatoms. The van der Waals surface area contributed by atoms with Crippen molar-refractivity contribution in [2.45, 2.75) is 126 Å². The number of aliphatic hydroxyl groups is 1. The Labute approximate surface area is 213 Å². The second-order valence-electron chi connectivity index (χ2n) is 9.30. The molecular weight excluding hydrogens is 426 g/mol. The lowest BCUT2D eigenvalue weighted by atomic mass is 10.0. The third-order valence-electron chi connectivity index (χ3n) is 4.31. The molecule has 0 heterocycles. The molecule has 1 rings (SSSR count). The van der Waals surface area contributed by atoms with E-state index in [-0.39, 0.29) is 12.2 Å². The minimum atomic E-state index is -0.424. The van der Waals surface area contributed by atoms with E-state index in [4.69, 9.17) is 14.3 Å². The van der Waals surface area contributed by atoms with Crippen molar-refractivity contribution in [2.24, 2.45) is 0 Å². The molecule has 1 N–H and O–H groups in total. The molecule has 0 saturated heterocycles. The summed E-state index contributed by atoms with van der Waals surface area (Å²) in [6, 6.07) is 6.03. The first-order valence-electron chi connectivity index (χ1n) is 13.4. The topological polar surface area (TPSA) is 51.2 Å². The zero-order chi connectivity index (χ0) is 27.2. The Bertz CT molecular complexity index is 571. The average molecular weight is 486 g/mol. The Hall–Kier alpha value is -1.30. The summed E-state index contributed by atoms with van der Waals surface area (Å²) in [7, 11) is 1.93. The van der Waals surface area contributed by atoms with Crippen LogP contribution in [0.4, 0.5) is 0 Å². The second kappa shape index (κ2) is 22.2. The molecule has 0 spiro atoms. The minimum Gasteiger partial charge on any atom is -0.488 e. The third-order valence-corrected chi connectivity index (χ3v) is 4.31. The molecule has 0 aliphatic rings. The molecule has 0 aromatic heterocycles. The van der Waals surface area contributed by atoms with Crippen LogP contribution in [0.15, 0.2) is 18.2 Å². The van der Waals surface area contributed by atoms with Crippen molar-refractivity contribution >= 4 is 0 Å². The lowest BCUT2D eigenvalue weighted by Crippen LogP contribution is -2.32. The van der Waals surface area contributed by atoms with Gasteiger partial charge in [0.05, 0.1) is 6.61 Å². The van der Waals surface area contributed by atoms with Crippen molar-refractivity contribution in [2.75, 3.05) is 26.8 Å². The monoisotopic (exact) mass is 485 g/mol. The molecule has 0 atom stereocenters. The van der Waals surface area contributed by atoms with E-state index in [0.29, 0.717) is 13.0 Å². The predicted octanol–water partition coefficient (Wildman–Crippen LogP) is 8.08. The van der Waals surface area contributed by atoms with Crippen LogP contribution in [0.3, 0.4) is 0 Å². The van der Waals surface area contributed by atoms with Gasteiger partial charge in [0.15, 0.2) is 0 Å². The number of aryl methyl sites for hydroxylation is 1. The van der Waals surface area contributed by atoms with Gasteiger partial charge in [0.1, 0.15) is 22.7 Å². The number of ether oxygens (including phenoxy) is 2. The first-order chi connectivity index (χ1) is 15.9. The Morgan fingerprint density at radius 2 is 1.18 bits per heavy atom. The molecule has 0 saturated carbocycles. The smallest absolute Gasteiger partial charge is 0.124 e. The minimum absolute atomic E-state index is 0.100. The highest BCUT2D eigenvalue weighted by Gasteiger charge is 2.23. The number of aliphatic hydroxyl groups excluding tert-OH is 1. The van der Waals surface area contributed by atoms with Crippen LogP contribution in [0.2, 0.25) is 0 Å². The maximum absolute atomic E-state index is 9.21. The molecule has 0 aliphatic heterocycles. The molecule has 0 fully saturated rings. The molecule has 1 aromatic carbocycles. The van der Waals surface area contributed by atoms with Gasteiger partial charge in [0, 0.05) is 39.1 Å². The average Bonchev–Trinajstić information content (AvgIpc) is 2.75. The summed E-state index contributed by atoms with van der Waals surface area (Å²) in [6.45, 7) is 26.3. The van der Waals surface area contributed by atoms with Crippen molar-refractivity contribution in [1.82, 2.24) is 5.06 Å². The zero-order valence-corrected chi connectivity index (χ0v) is 25.0. The maximum atomic E-state index is 9.21. The normalized spacial score (nSPS) is 10.8. The van der Waals surface area contributed by atoms with E-state index in [0.717, 1.165) is 36.4 Å². The lowest BCUT2D eigenvalue weighted by Gasteiger charge is -2.29. The van der Waals surface area contributed by atoms with Crippen LogP contribution >= 0.6 is 0 Å². The van der Waals surface area contributed by atoms with Crippen LogP contribution < -0.4 is 9.47 Å². The van der Waals surface area contributed by atoms with Crippen molar-refractivity contribution < 1.29 is 19.4 Å². The summed E-state index contributed by atoms with van der Waals surface area (Å²) in [6.07, 6.45) is 4.76. The number of nitrogens with zero attached hydrogens (tertiary/aromatic N) is 1. The lowest BCUT2D eigenvalue weighted by molar-refractivity contribution is -0.145. The first-order valence-corrected chi connectivity index (χ1v) is 13.4. The van der Waals surface area contributed by atoms with Gasteiger partial charge in [-0.3, -0.25) is 4.84 Å².